The lowest BCUT2D eigenvalue weighted by molar-refractivity contribution is -0.190. The van der Waals surface area contributed by atoms with Crippen LogP contribution in [0.4, 0.5) is 13.2 Å². The molecule has 0 aromatic heterocycles. The molecule has 224 valence electrons. The number of methoxy groups -OCH3 is 1. The van der Waals surface area contributed by atoms with E-state index < -0.39 is 48.2 Å². The number of rotatable bonds is 11. The number of fused-ring (bicyclic) bond motifs is 1. The summed E-state index contributed by atoms with van der Waals surface area (Å²) in [5.41, 5.74) is 1.31. The molecule has 0 spiro atoms. The maximum absolute atomic E-state index is 12.4. The summed E-state index contributed by atoms with van der Waals surface area (Å²) in [6.07, 6.45) is -3.19. The van der Waals surface area contributed by atoms with Gasteiger partial charge in [0, 0.05) is 23.2 Å². The largest absolute Gasteiger partial charge is 0.496 e. The van der Waals surface area contributed by atoms with Crippen LogP contribution in [-0.4, -0.2) is 50.8 Å². The minimum atomic E-state index is -5.42. The molecule has 1 aliphatic heterocycles. The van der Waals surface area contributed by atoms with E-state index in [1.54, 1.807) is 12.1 Å². The van der Waals surface area contributed by atoms with E-state index in [9.17, 15) is 36.5 Å². The van der Waals surface area contributed by atoms with E-state index in [4.69, 9.17) is 4.74 Å². The van der Waals surface area contributed by atoms with Crippen molar-refractivity contribution >= 4 is 24.2 Å². The topological polar surface area (TPSA) is 137 Å². The summed E-state index contributed by atoms with van der Waals surface area (Å²) in [6.45, 7) is 3.88. The maximum atomic E-state index is 12.4. The van der Waals surface area contributed by atoms with Crippen LogP contribution in [0.15, 0.2) is 47.4 Å². The van der Waals surface area contributed by atoms with Gasteiger partial charge in [0.05, 0.1) is 23.8 Å². The highest BCUT2D eigenvalue weighted by atomic mass is 32.3. The first-order valence-corrected chi connectivity index (χ1v) is 16.3. The van der Waals surface area contributed by atoms with Crippen LogP contribution in [0.5, 0.6) is 5.75 Å². The highest BCUT2D eigenvalue weighted by Crippen LogP contribution is 2.58. The van der Waals surface area contributed by atoms with E-state index in [1.807, 2.05) is 37.3 Å². The number of unbranched alkanes of at least 4 members (excludes halogenated alkanes) is 1. The highest BCUT2D eigenvalue weighted by molar-refractivity contribution is 8.24. The van der Waals surface area contributed by atoms with Crippen molar-refractivity contribution in [3.05, 3.63) is 59.2 Å². The van der Waals surface area contributed by atoms with Crippen LogP contribution in [0.3, 0.4) is 0 Å². The van der Waals surface area contributed by atoms with Gasteiger partial charge in [0.25, 0.3) is 0 Å². The molecule has 0 fully saturated rings. The van der Waals surface area contributed by atoms with Crippen molar-refractivity contribution in [3.8, 4) is 5.75 Å². The molecule has 0 saturated carbocycles. The summed E-state index contributed by atoms with van der Waals surface area (Å²) in [4.78, 5) is 21.0. The molecule has 3 rings (SSSR count). The molecule has 0 amide bonds. The summed E-state index contributed by atoms with van der Waals surface area (Å²) in [5, 5.41) is 6.24. The normalized spacial score (nSPS) is 22.9. The van der Waals surface area contributed by atoms with E-state index in [0.717, 1.165) is 24.8 Å². The zero-order valence-corrected chi connectivity index (χ0v) is 24.2. The van der Waals surface area contributed by atoms with Gasteiger partial charge in [-0.25, -0.2) is 9.36 Å². The molecule has 1 aliphatic rings. The fraction of sp³-hybridized carbons (Fsp3) is 0.500. The van der Waals surface area contributed by atoms with Crippen molar-refractivity contribution < 1.29 is 45.8 Å². The van der Waals surface area contributed by atoms with Gasteiger partial charge in [0.1, 0.15) is 12.0 Å². The first-order chi connectivity index (χ1) is 18.7. The molecule has 40 heavy (non-hydrogen) atoms. The number of carbonyl (C=O) groups is 1. The smallest absolute Gasteiger partial charge is 0.491 e. The van der Waals surface area contributed by atoms with E-state index >= 15 is 0 Å². The van der Waals surface area contributed by atoms with Crippen molar-refractivity contribution in [2.24, 2.45) is 0 Å². The number of hydrogen-bond donors (Lipinski definition) is 5. The van der Waals surface area contributed by atoms with Gasteiger partial charge in [-0.2, -0.15) is 23.8 Å². The number of ether oxygens (including phenoxy) is 1. The van der Waals surface area contributed by atoms with Gasteiger partial charge in [-0.3, -0.25) is 14.4 Å². The lowest BCUT2D eigenvalue weighted by Gasteiger charge is -2.42. The Morgan fingerprint density at radius 2 is 1.90 bits per heavy atom. The fourth-order valence-electron chi connectivity index (χ4n) is 4.84. The predicted molar refractivity (Wildman–Crippen MR) is 147 cm³/mol. The summed E-state index contributed by atoms with van der Waals surface area (Å²) < 4.78 is 81.7. The van der Waals surface area contributed by atoms with Crippen LogP contribution in [0.25, 0.3) is 0 Å². The number of hydrogen-bond acceptors (Lipinski definition) is 8. The number of nitrogens with one attached hydrogen (secondary N) is 2. The van der Waals surface area contributed by atoms with E-state index in [0.29, 0.717) is 23.3 Å². The van der Waals surface area contributed by atoms with Gasteiger partial charge in [-0.05, 0) is 30.5 Å². The Morgan fingerprint density at radius 1 is 1.23 bits per heavy atom. The van der Waals surface area contributed by atoms with E-state index in [1.165, 1.54) is 7.11 Å². The van der Waals surface area contributed by atoms with Gasteiger partial charge in [0.15, 0.2) is 0 Å². The molecular weight excluding hydrogens is 572 g/mol. The van der Waals surface area contributed by atoms with Crippen molar-refractivity contribution in [2.75, 3.05) is 19.1 Å². The Labute approximate surface area is 233 Å². The Balaban J connectivity index is 2.00. The summed E-state index contributed by atoms with van der Waals surface area (Å²) >= 11 is 0. The quantitative estimate of drug-likeness (QED) is 0.190. The van der Waals surface area contributed by atoms with Crippen LogP contribution in [0.2, 0.25) is 0 Å². The fourth-order valence-corrected chi connectivity index (χ4v) is 7.90. The molecule has 0 bridgehead atoms. The summed E-state index contributed by atoms with van der Waals surface area (Å²) in [7, 11) is -6.91. The van der Waals surface area contributed by atoms with Crippen LogP contribution >= 0.6 is 18.2 Å². The lowest BCUT2D eigenvalue weighted by atomic mass is 9.88. The first-order valence-electron chi connectivity index (χ1n) is 12.8. The molecule has 14 heteroatoms. The van der Waals surface area contributed by atoms with E-state index in [2.05, 4.69) is 22.1 Å². The van der Waals surface area contributed by atoms with Gasteiger partial charge in [-0.15, -0.1) is 0 Å². The molecule has 2 aromatic carbocycles. The Kier molecular flexibility index (Phi) is 10.4. The Morgan fingerprint density at radius 3 is 2.48 bits per heavy atom. The minimum Gasteiger partial charge on any atom is -0.496 e. The number of halogens is 3. The molecule has 9 nitrogen and oxygen atoms in total. The number of carbonyl (C=O) groups excluding carboxylic acids is 1. The average Bonchev–Trinajstić information content (AvgIpc) is 2.98. The standard InChI is InChI=1S/C26H36F3N2O7PS/c1-4-6-12-25(5-2)16-40(35,36)22-13-19(15-30-17-39(33,34)38-24(32)26(27,28)29)21(37-3)14-20(22)23(31-25)18-10-8-7-9-11-18/h7-11,13-14,23,30-31,35-36H,4-6,12,15-17H2,1-3H3,(H,33,34)/t23-,25-/m1/s1. The van der Waals surface area contributed by atoms with Crippen LogP contribution in [0, 0.1) is 0 Å². The maximum Gasteiger partial charge on any atom is 0.491 e. The molecule has 0 aliphatic carbocycles. The molecule has 3 atom stereocenters. The lowest BCUT2D eigenvalue weighted by Crippen LogP contribution is -2.49. The molecule has 5 N–H and O–H groups in total. The van der Waals surface area contributed by atoms with Crippen molar-refractivity contribution in [1.29, 1.82) is 0 Å². The van der Waals surface area contributed by atoms with Crippen LogP contribution in [0.1, 0.15) is 62.3 Å². The zero-order valence-electron chi connectivity index (χ0n) is 22.5. The second-order valence-corrected chi connectivity index (χ2v) is 13.7. The number of alkyl halides is 3. The summed E-state index contributed by atoms with van der Waals surface area (Å²) in [6, 6.07) is 12.4. The molecule has 2 aromatic rings. The van der Waals surface area contributed by atoms with Gasteiger partial charge in [0.2, 0.25) is 0 Å². The molecule has 0 saturated heterocycles. The molecular formula is C26H36F3N2O7PS. The molecule has 1 unspecified atom stereocenters. The third kappa shape index (κ3) is 7.79. The van der Waals surface area contributed by atoms with Gasteiger partial charge in [-0.1, -0.05) is 57.0 Å². The second kappa shape index (κ2) is 12.8. The second-order valence-electron chi connectivity index (χ2n) is 9.84. The van der Waals surface area contributed by atoms with E-state index in [-0.39, 0.29) is 17.2 Å². The molecule has 1 heterocycles. The molecule has 0 radical (unpaired) electrons. The third-order valence-electron chi connectivity index (χ3n) is 6.91. The van der Waals surface area contributed by atoms with Crippen molar-refractivity contribution in [3.63, 3.8) is 0 Å². The van der Waals surface area contributed by atoms with Gasteiger partial charge < -0.3 is 19.5 Å². The summed E-state index contributed by atoms with van der Waals surface area (Å²) in [5.74, 6) is -2.37. The minimum absolute atomic E-state index is 0.0747. The SMILES string of the molecule is CCCC[C@]1(CC)CS(O)(O)c2cc(CNCP(=O)(O)OC(=O)C(F)(F)F)c(OC)cc2[C@@H](c2ccccc2)N1. The average molecular weight is 609 g/mol. The highest BCUT2D eigenvalue weighted by Gasteiger charge is 2.45. The van der Waals surface area contributed by atoms with Crippen LogP contribution in [-0.2, 0) is 20.4 Å². The monoisotopic (exact) mass is 608 g/mol. The Bertz CT molecular complexity index is 1230. The van der Waals surface area contributed by atoms with Crippen molar-refractivity contribution in [2.45, 2.75) is 68.7 Å². The first kappa shape index (κ1) is 32.4. The van der Waals surface area contributed by atoms with Gasteiger partial charge >= 0.3 is 19.7 Å². The third-order valence-corrected chi connectivity index (χ3v) is 9.99. The predicted octanol–water partition coefficient (Wildman–Crippen LogP) is 6.17. The zero-order chi connectivity index (χ0) is 29.8. The van der Waals surface area contributed by atoms with Crippen LogP contribution < -0.4 is 15.4 Å². The number of benzene rings is 2. The van der Waals surface area contributed by atoms with Crippen molar-refractivity contribution in [1.82, 2.24) is 10.6 Å². The Hall–Kier alpha value is -2.12.